The van der Waals surface area contributed by atoms with Crippen LogP contribution in [0.2, 0.25) is 0 Å². The number of aryl methyl sites for hydroxylation is 1. The van der Waals surface area contributed by atoms with E-state index in [1.807, 2.05) is 0 Å². The molecule has 1 rings (SSSR count). The van der Waals surface area contributed by atoms with E-state index in [1.54, 1.807) is 13.8 Å². The van der Waals surface area contributed by atoms with Crippen LogP contribution in [0.3, 0.4) is 0 Å². The normalized spacial score (nSPS) is 10.6. The number of nitrogens with one attached hydrogen (secondary N) is 1. The number of nitro groups is 1. The maximum absolute atomic E-state index is 11.0. The second-order valence-electron chi connectivity index (χ2n) is 2.90. The third-order valence-electron chi connectivity index (χ3n) is 1.68. The van der Waals surface area contributed by atoms with E-state index in [-0.39, 0.29) is 18.1 Å². The van der Waals surface area contributed by atoms with E-state index in [0.717, 1.165) is 6.08 Å². The maximum Gasteiger partial charge on any atom is 0.348 e. The number of rotatable bonds is 4. The molecule has 0 saturated heterocycles. The van der Waals surface area contributed by atoms with Crippen molar-refractivity contribution >= 4 is 17.9 Å². The van der Waals surface area contributed by atoms with Gasteiger partial charge >= 0.3 is 11.8 Å². The fourth-order valence-corrected chi connectivity index (χ4v) is 1.09. The van der Waals surface area contributed by atoms with Crippen molar-refractivity contribution in [3.63, 3.8) is 0 Å². The SMILES string of the molecule is CCOC(=O)C=Cc1nc(C)[nH]c1[N+](=O)[O-]. The van der Waals surface area contributed by atoms with Crippen molar-refractivity contribution in [2.24, 2.45) is 0 Å². The van der Waals surface area contributed by atoms with Crippen molar-refractivity contribution in [1.82, 2.24) is 9.97 Å². The van der Waals surface area contributed by atoms with Gasteiger partial charge in [0, 0.05) is 13.0 Å². The average Bonchev–Trinajstić information content (AvgIpc) is 2.57. The van der Waals surface area contributed by atoms with Crippen LogP contribution < -0.4 is 0 Å². The molecule has 0 amide bonds. The zero-order chi connectivity index (χ0) is 12.1. The molecule has 1 heterocycles. The number of aromatic nitrogens is 2. The lowest BCUT2D eigenvalue weighted by molar-refractivity contribution is -0.389. The molecule has 0 radical (unpaired) electrons. The average molecular weight is 225 g/mol. The highest BCUT2D eigenvalue weighted by Gasteiger charge is 2.15. The van der Waals surface area contributed by atoms with Crippen molar-refractivity contribution < 1.29 is 14.5 Å². The van der Waals surface area contributed by atoms with Crippen LogP contribution in [-0.2, 0) is 9.53 Å². The van der Waals surface area contributed by atoms with Gasteiger partial charge in [-0.05, 0) is 17.9 Å². The molecule has 0 aromatic carbocycles. The molecule has 7 nitrogen and oxygen atoms in total. The summed E-state index contributed by atoms with van der Waals surface area (Å²) in [5.74, 6) is -0.384. The summed E-state index contributed by atoms with van der Waals surface area (Å²) < 4.78 is 4.64. The van der Waals surface area contributed by atoms with E-state index in [2.05, 4.69) is 14.7 Å². The summed E-state index contributed by atoms with van der Waals surface area (Å²) in [7, 11) is 0. The van der Waals surface area contributed by atoms with Gasteiger partial charge in [-0.1, -0.05) is 0 Å². The van der Waals surface area contributed by atoms with Crippen LogP contribution in [0.15, 0.2) is 6.08 Å². The first-order chi connectivity index (χ1) is 7.54. The third-order valence-corrected chi connectivity index (χ3v) is 1.68. The number of aromatic amines is 1. The van der Waals surface area contributed by atoms with Crippen LogP contribution in [0.1, 0.15) is 18.4 Å². The molecule has 0 unspecified atom stereocenters. The lowest BCUT2D eigenvalue weighted by Gasteiger charge is -1.94. The van der Waals surface area contributed by atoms with Gasteiger partial charge in [-0.25, -0.2) is 14.8 Å². The standard InChI is InChI=1S/C9H11N3O4/c1-3-16-8(13)5-4-7-9(12(14)15)11-6(2)10-7/h4-5H,3H2,1-2H3,(H,10,11). The number of imidazole rings is 1. The van der Waals surface area contributed by atoms with Gasteiger partial charge in [0.1, 0.15) is 0 Å². The Bertz CT molecular complexity index is 436. The van der Waals surface area contributed by atoms with E-state index < -0.39 is 10.9 Å². The first kappa shape index (κ1) is 11.9. The smallest absolute Gasteiger partial charge is 0.348 e. The summed E-state index contributed by atoms with van der Waals surface area (Å²) in [4.78, 5) is 27.3. The Morgan fingerprint density at radius 2 is 2.38 bits per heavy atom. The number of nitrogens with zero attached hydrogens (tertiary/aromatic N) is 2. The summed E-state index contributed by atoms with van der Waals surface area (Å²) in [6.45, 7) is 3.52. The van der Waals surface area contributed by atoms with Crippen LogP contribution >= 0.6 is 0 Å². The molecule has 0 spiro atoms. The molecule has 0 saturated carbocycles. The van der Waals surface area contributed by atoms with Crippen LogP contribution in [0.5, 0.6) is 0 Å². The number of carbonyl (C=O) groups is 1. The quantitative estimate of drug-likeness (QED) is 0.359. The molecule has 0 bridgehead atoms. The second kappa shape index (κ2) is 5.06. The van der Waals surface area contributed by atoms with Gasteiger partial charge in [0.25, 0.3) is 0 Å². The molecule has 1 aromatic heterocycles. The minimum atomic E-state index is -0.592. The molecule has 1 aromatic rings. The molecule has 86 valence electrons. The molecule has 0 aliphatic rings. The minimum Gasteiger partial charge on any atom is -0.463 e. The van der Waals surface area contributed by atoms with Gasteiger partial charge in [0.05, 0.1) is 6.61 Å². The lowest BCUT2D eigenvalue weighted by atomic mass is 10.4. The molecule has 16 heavy (non-hydrogen) atoms. The van der Waals surface area contributed by atoms with Crippen molar-refractivity contribution in [3.8, 4) is 0 Å². The summed E-state index contributed by atoms with van der Waals surface area (Å²) in [5.41, 5.74) is 0.107. The number of hydrogen-bond donors (Lipinski definition) is 1. The first-order valence-electron chi connectivity index (χ1n) is 4.60. The molecule has 1 N–H and O–H groups in total. The van der Waals surface area contributed by atoms with Gasteiger partial charge in [-0.2, -0.15) is 0 Å². The highest BCUT2D eigenvalue weighted by molar-refractivity contribution is 5.87. The maximum atomic E-state index is 11.0. The van der Waals surface area contributed by atoms with Gasteiger partial charge in [-0.3, -0.25) is 0 Å². The predicted octanol–water partition coefficient (Wildman–Crippen LogP) is 1.20. The highest BCUT2D eigenvalue weighted by atomic mass is 16.6. The van der Waals surface area contributed by atoms with E-state index >= 15 is 0 Å². The van der Waals surface area contributed by atoms with Crippen molar-refractivity contribution in [3.05, 3.63) is 27.7 Å². The monoisotopic (exact) mass is 225 g/mol. The van der Waals surface area contributed by atoms with Crippen LogP contribution in [0.4, 0.5) is 5.82 Å². The number of esters is 1. The zero-order valence-corrected chi connectivity index (χ0v) is 8.89. The minimum absolute atomic E-state index is 0.107. The summed E-state index contributed by atoms with van der Waals surface area (Å²) >= 11 is 0. The number of carbonyl (C=O) groups excluding carboxylic acids is 1. The topological polar surface area (TPSA) is 98.1 Å². The van der Waals surface area contributed by atoms with Gasteiger partial charge in [-0.15, -0.1) is 0 Å². The van der Waals surface area contributed by atoms with Crippen LogP contribution in [-0.4, -0.2) is 27.5 Å². The highest BCUT2D eigenvalue weighted by Crippen LogP contribution is 2.16. The molecule has 0 aliphatic carbocycles. The fourth-order valence-electron chi connectivity index (χ4n) is 1.09. The fraction of sp³-hybridized carbons (Fsp3) is 0.333. The van der Waals surface area contributed by atoms with E-state index in [9.17, 15) is 14.9 Å². The van der Waals surface area contributed by atoms with E-state index in [1.165, 1.54) is 6.08 Å². The number of ether oxygens (including phenoxy) is 1. The van der Waals surface area contributed by atoms with Gasteiger partial charge < -0.3 is 14.9 Å². The second-order valence-corrected chi connectivity index (χ2v) is 2.90. The third kappa shape index (κ3) is 2.91. The molecule has 7 heteroatoms. The van der Waals surface area contributed by atoms with E-state index in [0.29, 0.717) is 5.82 Å². The molecular formula is C9H11N3O4. The van der Waals surface area contributed by atoms with Crippen molar-refractivity contribution in [2.75, 3.05) is 6.61 Å². The van der Waals surface area contributed by atoms with Crippen LogP contribution in [0, 0.1) is 17.0 Å². The number of hydrogen-bond acceptors (Lipinski definition) is 5. The van der Waals surface area contributed by atoms with Crippen molar-refractivity contribution in [2.45, 2.75) is 13.8 Å². The summed E-state index contributed by atoms with van der Waals surface area (Å²) in [6.07, 6.45) is 2.35. The molecular weight excluding hydrogens is 214 g/mol. The van der Waals surface area contributed by atoms with Gasteiger partial charge in [0.15, 0.2) is 11.5 Å². The van der Waals surface area contributed by atoms with Crippen molar-refractivity contribution in [1.29, 1.82) is 0 Å². The predicted molar refractivity (Wildman–Crippen MR) is 55.6 cm³/mol. The number of H-pyrrole nitrogens is 1. The Morgan fingerprint density at radius 1 is 1.69 bits per heavy atom. The Morgan fingerprint density at radius 3 is 2.94 bits per heavy atom. The zero-order valence-electron chi connectivity index (χ0n) is 8.89. The summed E-state index contributed by atoms with van der Waals surface area (Å²) in [6, 6.07) is 0. The first-order valence-corrected chi connectivity index (χ1v) is 4.60. The Kier molecular flexibility index (Phi) is 3.76. The molecule has 0 aliphatic heterocycles. The Hall–Kier alpha value is -2.18. The largest absolute Gasteiger partial charge is 0.463 e. The summed E-state index contributed by atoms with van der Waals surface area (Å²) in [5, 5.41) is 10.6. The van der Waals surface area contributed by atoms with Gasteiger partial charge in [0.2, 0.25) is 0 Å². The molecule has 0 fully saturated rings. The lowest BCUT2D eigenvalue weighted by Crippen LogP contribution is -1.99. The van der Waals surface area contributed by atoms with E-state index in [4.69, 9.17) is 0 Å². The Balaban J connectivity index is 2.88. The van der Waals surface area contributed by atoms with Crippen LogP contribution in [0.25, 0.3) is 6.08 Å². The molecule has 0 atom stereocenters. The Labute approximate surface area is 91.3 Å².